The van der Waals surface area contributed by atoms with Gasteiger partial charge in [-0.2, -0.15) is 4.98 Å². The Hall–Kier alpha value is -1.29. The Morgan fingerprint density at radius 3 is 3.00 bits per heavy atom. The number of nitrogens with one attached hydrogen (secondary N) is 1. The summed E-state index contributed by atoms with van der Waals surface area (Å²) in [6, 6.07) is 6.60. The second-order valence-corrected chi connectivity index (χ2v) is 4.96. The highest BCUT2D eigenvalue weighted by molar-refractivity contribution is 5.42. The molecule has 1 atom stereocenters. The molecule has 0 aromatic carbocycles. The molecule has 1 unspecified atom stereocenters. The van der Waals surface area contributed by atoms with Crippen LogP contribution in [0.25, 0.3) is 0 Å². The smallest absolute Gasteiger partial charge is 0.215 e. The van der Waals surface area contributed by atoms with Crippen LogP contribution in [-0.2, 0) is 0 Å². The normalized spacial score (nSPS) is 19.2. The Morgan fingerprint density at radius 2 is 2.32 bits per heavy atom. The molecule has 1 N–H and O–H groups in total. The van der Waals surface area contributed by atoms with Crippen molar-refractivity contribution in [1.82, 2.24) is 10.3 Å². The summed E-state index contributed by atoms with van der Waals surface area (Å²) in [6.45, 7) is 8.12. The van der Waals surface area contributed by atoms with Crippen LogP contribution in [0.5, 0.6) is 5.88 Å². The standard InChI is InChI=1S/C15H25N3O/c1-3-11-18(13-7-6-10-16-12-13)14-8-5-9-15(17-14)19-4-2/h5,8-9,13,16H,3-4,6-7,10-12H2,1-2H3. The lowest BCUT2D eigenvalue weighted by Crippen LogP contribution is -2.46. The molecule has 1 aromatic rings. The molecule has 0 aliphatic carbocycles. The van der Waals surface area contributed by atoms with E-state index in [9.17, 15) is 0 Å². The fourth-order valence-electron chi connectivity index (χ4n) is 2.62. The summed E-state index contributed by atoms with van der Waals surface area (Å²) >= 11 is 0. The molecule has 2 heterocycles. The molecule has 4 nitrogen and oxygen atoms in total. The van der Waals surface area contributed by atoms with E-state index >= 15 is 0 Å². The van der Waals surface area contributed by atoms with Crippen molar-refractivity contribution >= 4 is 5.82 Å². The maximum absolute atomic E-state index is 5.51. The maximum Gasteiger partial charge on any atom is 0.215 e. The van der Waals surface area contributed by atoms with Crippen molar-refractivity contribution in [3.8, 4) is 5.88 Å². The molecule has 0 saturated carbocycles. The minimum atomic E-state index is 0.554. The van der Waals surface area contributed by atoms with Crippen LogP contribution in [0.4, 0.5) is 5.82 Å². The zero-order valence-electron chi connectivity index (χ0n) is 12.1. The number of nitrogens with zero attached hydrogens (tertiary/aromatic N) is 2. The second-order valence-electron chi connectivity index (χ2n) is 4.96. The van der Waals surface area contributed by atoms with Gasteiger partial charge in [-0.1, -0.05) is 13.0 Å². The van der Waals surface area contributed by atoms with Crippen LogP contribution in [0.15, 0.2) is 18.2 Å². The SMILES string of the molecule is CCCN(c1cccc(OCC)n1)C1CCCNC1. The van der Waals surface area contributed by atoms with Gasteiger partial charge in [0, 0.05) is 25.2 Å². The van der Waals surface area contributed by atoms with Gasteiger partial charge in [0.05, 0.1) is 6.61 Å². The fraction of sp³-hybridized carbons (Fsp3) is 0.667. The van der Waals surface area contributed by atoms with Gasteiger partial charge in [0.25, 0.3) is 0 Å². The molecular formula is C15H25N3O. The largest absolute Gasteiger partial charge is 0.478 e. The van der Waals surface area contributed by atoms with Crippen molar-refractivity contribution in [1.29, 1.82) is 0 Å². The Balaban J connectivity index is 2.14. The first kappa shape index (κ1) is 14.1. The summed E-state index contributed by atoms with van der Waals surface area (Å²) < 4.78 is 5.51. The summed E-state index contributed by atoms with van der Waals surface area (Å²) in [5.41, 5.74) is 0. The molecule has 2 rings (SSSR count). The van der Waals surface area contributed by atoms with Crippen molar-refractivity contribution in [2.75, 3.05) is 31.1 Å². The molecule has 1 aliphatic rings. The van der Waals surface area contributed by atoms with Gasteiger partial charge in [0.2, 0.25) is 5.88 Å². The van der Waals surface area contributed by atoms with Crippen molar-refractivity contribution in [2.24, 2.45) is 0 Å². The topological polar surface area (TPSA) is 37.4 Å². The molecule has 1 aliphatic heterocycles. The first-order valence-electron chi connectivity index (χ1n) is 7.42. The Labute approximate surface area is 116 Å². The van der Waals surface area contributed by atoms with E-state index < -0.39 is 0 Å². The van der Waals surface area contributed by atoms with Gasteiger partial charge in [0.1, 0.15) is 5.82 Å². The van der Waals surface area contributed by atoms with Gasteiger partial charge in [-0.25, -0.2) is 0 Å². The quantitative estimate of drug-likeness (QED) is 0.855. The van der Waals surface area contributed by atoms with E-state index in [-0.39, 0.29) is 0 Å². The molecular weight excluding hydrogens is 238 g/mol. The molecule has 0 spiro atoms. The minimum absolute atomic E-state index is 0.554. The number of anilines is 1. The van der Waals surface area contributed by atoms with Gasteiger partial charge in [0.15, 0.2) is 0 Å². The van der Waals surface area contributed by atoms with E-state index in [0.29, 0.717) is 12.6 Å². The van der Waals surface area contributed by atoms with E-state index in [4.69, 9.17) is 4.74 Å². The molecule has 1 saturated heterocycles. The molecule has 1 aromatic heterocycles. The zero-order valence-corrected chi connectivity index (χ0v) is 12.1. The van der Waals surface area contributed by atoms with Gasteiger partial charge in [-0.15, -0.1) is 0 Å². The predicted octanol–water partition coefficient (Wildman–Crippen LogP) is 2.45. The summed E-state index contributed by atoms with van der Waals surface area (Å²) in [4.78, 5) is 7.06. The average Bonchev–Trinajstić information content (AvgIpc) is 2.46. The molecule has 0 radical (unpaired) electrons. The summed E-state index contributed by atoms with van der Waals surface area (Å²) in [5, 5.41) is 3.48. The third-order valence-corrected chi connectivity index (χ3v) is 3.47. The van der Waals surface area contributed by atoms with Gasteiger partial charge in [-0.05, 0) is 38.8 Å². The summed E-state index contributed by atoms with van der Waals surface area (Å²) in [7, 11) is 0. The van der Waals surface area contributed by atoms with Crippen molar-refractivity contribution in [3.05, 3.63) is 18.2 Å². The predicted molar refractivity (Wildman–Crippen MR) is 78.9 cm³/mol. The highest BCUT2D eigenvalue weighted by atomic mass is 16.5. The van der Waals surface area contributed by atoms with Crippen molar-refractivity contribution in [2.45, 2.75) is 39.2 Å². The number of ether oxygens (including phenoxy) is 1. The number of piperidine rings is 1. The third kappa shape index (κ3) is 3.83. The number of hydrogen-bond acceptors (Lipinski definition) is 4. The lowest BCUT2D eigenvalue weighted by atomic mass is 10.1. The van der Waals surface area contributed by atoms with Crippen LogP contribution in [0.3, 0.4) is 0 Å². The maximum atomic E-state index is 5.51. The van der Waals surface area contributed by atoms with Crippen molar-refractivity contribution < 1.29 is 4.74 Å². The number of hydrogen-bond donors (Lipinski definition) is 1. The highest BCUT2D eigenvalue weighted by Crippen LogP contribution is 2.21. The van der Waals surface area contributed by atoms with Gasteiger partial charge < -0.3 is 15.0 Å². The van der Waals surface area contributed by atoms with E-state index in [0.717, 1.165) is 37.8 Å². The number of rotatable bonds is 6. The lowest BCUT2D eigenvalue weighted by Gasteiger charge is -2.35. The third-order valence-electron chi connectivity index (χ3n) is 3.47. The second kappa shape index (κ2) is 7.34. The van der Waals surface area contributed by atoms with Gasteiger partial charge >= 0.3 is 0 Å². The summed E-state index contributed by atoms with van der Waals surface area (Å²) in [6.07, 6.45) is 3.63. The van der Waals surface area contributed by atoms with Crippen LogP contribution in [0.2, 0.25) is 0 Å². The molecule has 4 heteroatoms. The molecule has 19 heavy (non-hydrogen) atoms. The first-order valence-corrected chi connectivity index (χ1v) is 7.42. The number of pyridine rings is 1. The monoisotopic (exact) mass is 263 g/mol. The lowest BCUT2D eigenvalue weighted by molar-refractivity contribution is 0.326. The van der Waals surface area contributed by atoms with Crippen LogP contribution in [-0.4, -0.2) is 37.3 Å². The van der Waals surface area contributed by atoms with E-state index in [1.165, 1.54) is 12.8 Å². The molecule has 1 fully saturated rings. The minimum Gasteiger partial charge on any atom is -0.478 e. The Kier molecular flexibility index (Phi) is 5.45. The van der Waals surface area contributed by atoms with Crippen molar-refractivity contribution in [3.63, 3.8) is 0 Å². The van der Waals surface area contributed by atoms with Crippen LogP contribution >= 0.6 is 0 Å². The molecule has 106 valence electrons. The van der Waals surface area contributed by atoms with Crippen LogP contribution < -0.4 is 15.0 Å². The van der Waals surface area contributed by atoms with E-state index in [2.05, 4.69) is 28.2 Å². The Morgan fingerprint density at radius 1 is 1.42 bits per heavy atom. The molecule has 0 amide bonds. The molecule has 0 bridgehead atoms. The number of aromatic nitrogens is 1. The summed E-state index contributed by atoms with van der Waals surface area (Å²) in [5.74, 6) is 1.77. The van der Waals surface area contributed by atoms with Gasteiger partial charge in [-0.3, -0.25) is 0 Å². The van der Waals surface area contributed by atoms with Crippen LogP contribution in [0.1, 0.15) is 33.1 Å². The van der Waals surface area contributed by atoms with Crippen LogP contribution in [0, 0.1) is 0 Å². The fourth-order valence-corrected chi connectivity index (χ4v) is 2.62. The highest BCUT2D eigenvalue weighted by Gasteiger charge is 2.21. The average molecular weight is 263 g/mol. The van der Waals surface area contributed by atoms with E-state index in [1.807, 2.05) is 19.1 Å². The zero-order chi connectivity index (χ0) is 13.5. The Bertz CT molecular complexity index is 377. The van der Waals surface area contributed by atoms with E-state index in [1.54, 1.807) is 0 Å². The first-order chi connectivity index (χ1) is 9.35.